The Morgan fingerprint density at radius 2 is 2.19 bits per heavy atom. The highest BCUT2D eigenvalue weighted by molar-refractivity contribution is 7.13. The summed E-state index contributed by atoms with van der Waals surface area (Å²) in [5.41, 5.74) is 0.620. The fourth-order valence-corrected chi connectivity index (χ4v) is 2.37. The van der Waals surface area contributed by atoms with Crippen LogP contribution in [0.25, 0.3) is 0 Å². The van der Waals surface area contributed by atoms with Gasteiger partial charge in [0.2, 0.25) is 0 Å². The minimum atomic E-state index is -0.595. The molecule has 16 heavy (non-hydrogen) atoms. The summed E-state index contributed by atoms with van der Waals surface area (Å²) >= 11 is 1.21. The topological polar surface area (TPSA) is 59.4 Å². The fraction of sp³-hybridized carbons (Fsp3) is 0.636. The molecule has 90 valence electrons. The summed E-state index contributed by atoms with van der Waals surface area (Å²) in [7, 11) is 1.34. The van der Waals surface area contributed by atoms with Gasteiger partial charge in [-0.3, -0.25) is 0 Å². The maximum absolute atomic E-state index is 11.4. The van der Waals surface area contributed by atoms with Crippen LogP contribution in [0.2, 0.25) is 0 Å². The number of aliphatic hydroxyl groups is 1. The lowest BCUT2D eigenvalue weighted by Gasteiger charge is -2.09. The van der Waals surface area contributed by atoms with Crippen LogP contribution in [0.3, 0.4) is 0 Å². The van der Waals surface area contributed by atoms with E-state index in [2.05, 4.69) is 9.72 Å². The molecule has 4 nitrogen and oxygen atoms in total. The summed E-state index contributed by atoms with van der Waals surface area (Å²) in [6.07, 6.45) is 0.0511. The Balaban J connectivity index is 2.87. The second-order valence-electron chi connectivity index (χ2n) is 4.10. The van der Waals surface area contributed by atoms with Crippen molar-refractivity contribution in [2.24, 2.45) is 5.92 Å². The number of rotatable bonds is 4. The minimum Gasteiger partial charge on any atom is -0.465 e. The normalized spacial score (nSPS) is 12.9. The molecule has 1 heterocycles. The number of esters is 1. The lowest BCUT2D eigenvalue weighted by atomic mass is 10.1. The van der Waals surface area contributed by atoms with Crippen LogP contribution < -0.4 is 0 Å². The number of hydrogen-bond acceptors (Lipinski definition) is 5. The van der Waals surface area contributed by atoms with Crippen LogP contribution in [0.15, 0.2) is 0 Å². The molecule has 1 aromatic rings. The van der Waals surface area contributed by atoms with Crippen LogP contribution >= 0.6 is 11.3 Å². The van der Waals surface area contributed by atoms with Gasteiger partial charge in [-0.1, -0.05) is 13.8 Å². The summed E-state index contributed by atoms with van der Waals surface area (Å²) in [5, 5.41) is 10.5. The molecule has 0 amide bonds. The van der Waals surface area contributed by atoms with Gasteiger partial charge in [0.15, 0.2) is 0 Å². The highest BCUT2D eigenvalue weighted by atomic mass is 32.1. The van der Waals surface area contributed by atoms with E-state index in [1.54, 1.807) is 6.92 Å². The molecule has 1 aromatic heterocycles. The van der Waals surface area contributed by atoms with Gasteiger partial charge < -0.3 is 9.84 Å². The standard InChI is InChI=1S/C11H17NO3S/c1-6(2)5-8(13)10-12-7(3)9(16-10)11(14)15-4/h6,8,13H,5H2,1-4H3. The van der Waals surface area contributed by atoms with Crippen molar-refractivity contribution in [2.45, 2.75) is 33.3 Å². The van der Waals surface area contributed by atoms with Crippen molar-refractivity contribution in [2.75, 3.05) is 7.11 Å². The van der Waals surface area contributed by atoms with Crippen LogP contribution in [-0.4, -0.2) is 23.2 Å². The Morgan fingerprint density at radius 3 is 2.69 bits per heavy atom. The van der Waals surface area contributed by atoms with Crippen LogP contribution in [0.1, 0.15) is 46.7 Å². The van der Waals surface area contributed by atoms with Crippen LogP contribution in [-0.2, 0) is 4.74 Å². The van der Waals surface area contributed by atoms with E-state index in [9.17, 15) is 9.90 Å². The third kappa shape index (κ3) is 3.02. The van der Waals surface area contributed by atoms with Crippen molar-refractivity contribution in [1.29, 1.82) is 0 Å². The third-order valence-electron chi connectivity index (χ3n) is 2.16. The number of aromatic nitrogens is 1. The predicted molar refractivity (Wildman–Crippen MR) is 62.6 cm³/mol. The van der Waals surface area contributed by atoms with Crippen molar-refractivity contribution < 1.29 is 14.6 Å². The molecule has 0 aliphatic rings. The SMILES string of the molecule is COC(=O)c1sc(C(O)CC(C)C)nc1C. The molecule has 0 saturated carbocycles. The number of ether oxygens (including phenoxy) is 1. The number of carbonyl (C=O) groups excluding carboxylic acids is 1. The fourth-order valence-electron chi connectivity index (χ4n) is 1.39. The molecule has 0 aliphatic carbocycles. The molecule has 0 fully saturated rings. The molecule has 0 saturated heterocycles. The van der Waals surface area contributed by atoms with E-state index in [0.29, 0.717) is 27.9 Å². The number of carbonyl (C=O) groups is 1. The summed E-state index contributed by atoms with van der Waals surface area (Å²) in [5.74, 6) is -0.00113. The molecule has 0 aliphatic heterocycles. The minimum absolute atomic E-state index is 0.390. The van der Waals surface area contributed by atoms with Gasteiger partial charge in [0.25, 0.3) is 0 Å². The first-order valence-corrected chi connectivity index (χ1v) is 6.01. The highest BCUT2D eigenvalue weighted by Gasteiger charge is 2.20. The Morgan fingerprint density at radius 1 is 1.56 bits per heavy atom. The van der Waals surface area contributed by atoms with Crippen molar-refractivity contribution in [3.63, 3.8) is 0 Å². The van der Waals surface area contributed by atoms with Crippen molar-refractivity contribution in [3.05, 3.63) is 15.6 Å². The predicted octanol–water partition coefficient (Wildman–Crippen LogP) is 2.32. The van der Waals surface area contributed by atoms with Crippen LogP contribution in [0.4, 0.5) is 0 Å². The monoisotopic (exact) mass is 243 g/mol. The van der Waals surface area contributed by atoms with Gasteiger partial charge in [0.1, 0.15) is 16.0 Å². The van der Waals surface area contributed by atoms with Gasteiger partial charge in [-0.05, 0) is 19.3 Å². The van der Waals surface area contributed by atoms with E-state index in [4.69, 9.17) is 0 Å². The number of nitrogens with zero attached hydrogens (tertiary/aromatic N) is 1. The van der Waals surface area contributed by atoms with E-state index in [-0.39, 0.29) is 0 Å². The van der Waals surface area contributed by atoms with Crippen molar-refractivity contribution in [3.8, 4) is 0 Å². The van der Waals surface area contributed by atoms with E-state index in [1.165, 1.54) is 18.4 Å². The van der Waals surface area contributed by atoms with Gasteiger partial charge in [0.05, 0.1) is 12.8 Å². The van der Waals surface area contributed by atoms with E-state index in [1.807, 2.05) is 13.8 Å². The molecule has 1 atom stereocenters. The number of aryl methyl sites for hydroxylation is 1. The second kappa shape index (κ2) is 5.41. The number of aliphatic hydroxyl groups excluding tert-OH is 1. The first kappa shape index (κ1) is 13.1. The van der Waals surface area contributed by atoms with E-state index < -0.39 is 12.1 Å². The first-order chi connectivity index (χ1) is 7.45. The lowest BCUT2D eigenvalue weighted by molar-refractivity contribution is 0.0605. The van der Waals surface area contributed by atoms with E-state index >= 15 is 0 Å². The summed E-state index contributed by atoms with van der Waals surface area (Å²) in [6, 6.07) is 0. The summed E-state index contributed by atoms with van der Waals surface area (Å²) in [6.45, 7) is 5.81. The average molecular weight is 243 g/mol. The molecule has 1 rings (SSSR count). The lowest BCUT2D eigenvalue weighted by Crippen LogP contribution is -2.01. The number of thiazole rings is 1. The molecule has 0 radical (unpaired) electrons. The van der Waals surface area contributed by atoms with Crippen LogP contribution in [0.5, 0.6) is 0 Å². The Labute approximate surface area is 99.3 Å². The third-order valence-corrected chi connectivity index (χ3v) is 3.40. The quantitative estimate of drug-likeness (QED) is 0.824. The van der Waals surface area contributed by atoms with E-state index in [0.717, 1.165) is 0 Å². The van der Waals surface area contributed by atoms with Crippen LogP contribution in [0, 0.1) is 12.8 Å². The molecule has 1 N–H and O–H groups in total. The van der Waals surface area contributed by atoms with Crippen molar-refractivity contribution >= 4 is 17.3 Å². The number of hydrogen-bond donors (Lipinski definition) is 1. The first-order valence-electron chi connectivity index (χ1n) is 5.19. The molecule has 0 bridgehead atoms. The second-order valence-corrected chi connectivity index (χ2v) is 5.13. The highest BCUT2D eigenvalue weighted by Crippen LogP contribution is 2.27. The zero-order valence-corrected chi connectivity index (χ0v) is 10.8. The van der Waals surface area contributed by atoms with Gasteiger partial charge in [-0.25, -0.2) is 9.78 Å². The van der Waals surface area contributed by atoms with Gasteiger partial charge in [-0.2, -0.15) is 0 Å². The average Bonchev–Trinajstić information content (AvgIpc) is 2.58. The zero-order valence-electron chi connectivity index (χ0n) is 9.98. The van der Waals surface area contributed by atoms with Gasteiger partial charge in [0, 0.05) is 0 Å². The Bertz CT molecular complexity index is 373. The Kier molecular flexibility index (Phi) is 4.44. The maximum atomic E-state index is 11.4. The summed E-state index contributed by atoms with van der Waals surface area (Å²) in [4.78, 5) is 16.0. The smallest absolute Gasteiger partial charge is 0.349 e. The largest absolute Gasteiger partial charge is 0.465 e. The van der Waals surface area contributed by atoms with Crippen molar-refractivity contribution in [1.82, 2.24) is 4.98 Å². The van der Waals surface area contributed by atoms with Gasteiger partial charge in [-0.15, -0.1) is 11.3 Å². The zero-order chi connectivity index (χ0) is 12.3. The summed E-state index contributed by atoms with van der Waals surface area (Å²) < 4.78 is 4.64. The molecule has 5 heteroatoms. The number of methoxy groups -OCH3 is 1. The molecule has 0 spiro atoms. The molecule has 0 aromatic carbocycles. The molecular weight excluding hydrogens is 226 g/mol. The Hall–Kier alpha value is -0.940. The maximum Gasteiger partial charge on any atom is 0.349 e. The molecular formula is C11H17NO3S. The van der Waals surface area contributed by atoms with Gasteiger partial charge >= 0.3 is 5.97 Å². The molecule has 1 unspecified atom stereocenters.